The van der Waals surface area contributed by atoms with E-state index in [0.717, 1.165) is 12.1 Å². The normalized spacial score (nSPS) is 14.0. The fraction of sp³-hybridized carbons (Fsp3) is 0. The van der Waals surface area contributed by atoms with Crippen molar-refractivity contribution < 1.29 is 33.7 Å². The van der Waals surface area contributed by atoms with Crippen LogP contribution in [0.15, 0.2) is 56.0 Å². The van der Waals surface area contributed by atoms with Gasteiger partial charge in [-0.25, -0.2) is 33.7 Å². The molecule has 8 nitrogen and oxygen atoms in total. The maximum absolute atomic E-state index is 12.2. The third-order valence-electron chi connectivity index (χ3n) is 4.80. The minimum atomic E-state index is -4.53. The van der Waals surface area contributed by atoms with Gasteiger partial charge in [-0.2, -0.15) is 0 Å². The minimum Gasteiger partial charge on any atom is -0.207 e. The number of hydrogen-bond donors (Lipinski definition) is 0. The number of benzene rings is 4. The largest absolute Gasteiger partial charge is 0.261 e. The van der Waals surface area contributed by atoms with Gasteiger partial charge in [-0.05, 0) is 12.1 Å². The zero-order valence-electron chi connectivity index (χ0n) is 14.9. The third kappa shape index (κ3) is 3.80. The standard InChI is InChI=1S/C16H6Cl4O8S4/c17-29(21,22)11-5-13(31(19,25)26)9-3-4-10-14(32(20,27)28)6-12(30(18,23)24)8-2-1-7(11)15(9)16(8)10/h1-6H. The Morgan fingerprint density at radius 2 is 0.594 bits per heavy atom. The molecule has 4 aromatic rings. The number of halogens is 4. The lowest BCUT2D eigenvalue weighted by atomic mass is 9.94. The lowest BCUT2D eigenvalue weighted by Crippen LogP contribution is -2.03. The van der Waals surface area contributed by atoms with E-state index in [4.69, 9.17) is 42.7 Å². The second-order valence-electron chi connectivity index (χ2n) is 6.57. The van der Waals surface area contributed by atoms with Crippen molar-refractivity contribution in [1.82, 2.24) is 0 Å². The van der Waals surface area contributed by atoms with E-state index in [1.54, 1.807) is 0 Å². The quantitative estimate of drug-likeness (QED) is 0.252. The predicted octanol–water partition coefficient (Wildman–Crippen LogP) is 4.29. The molecular formula is C16H6Cl4O8S4. The fourth-order valence-electron chi connectivity index (χ4n) is 3.67. The Labute approximate surface area is 199 Å². The molecule has 0 bridgehead atoms. The summed E-state index contributed by atoms with van der Waals surface area (Å²) in [6, 6.07) is 6.33. The Hall–Kier alpha value is -1.12. The molecule has 0 amide bonds. The van der Waals surface area contributed by atoms with Crippen LogP contribution in [0.5, 0.6) is 0 Å². The molecular weight excluding hydrogens is 590 g/mol. The average molecular weight is 596 g/mol. The molecule has 0 atom stereocenters. The van der Waals surface area contributed by atoms with E-state index in [1.807, 2.05) is 0 Å². The van der Waals surface area contributed by atoms with Crippen LogP contribution in [0, 0.1) is 0 Å². The van der Waals surface area contributed by atoms with E-state index in [1.165, 1.54) is 24.3 Å². The second kappa shape index (κ2) is 7.19. The van der Waals surface area contributed by atoms with Crippen LogP contribution in [-0.4, -0.2) is 33.7 Å². The topological polar surface area (TPSA) is 137 Å². The van der Waals surface area contributed by atoms with Gasteiger partial charge in [0.05, 0.1) is 19.6 Å². The molecule has 0 aliphatic carbocycles. The third-order valence-corrected chi connectivity index (χ3v) is 10.2. The molecule has 0 saturated carbocycles. The molecule has 0 saturated heterocycles. The summed E-state index contributed by atoms with van der Waals surface area (Å²) in [6.45, 7) is 0. The van der Waals surface area contributed by atoms with Crippen molar-refractivity contribution >= 4 is 111 Å². The van der Waals surface area contributed by atoms with Gasteiger partial charge in [-0.15, -0.1) is 0 Å². The molecule has 0 aromatic heterocycles. The van der Waals surface area contributed by atoms with E-state index in [0.29, 0.717) is 0 Å². The Bertz CT molecular complexity index is 1640. The van der Waals surface area contributed by atoms with Crippen molar-refractivity contribution in [2.45, 2.75) is 19.6 Å². The van der Waals surface area contributed by atoms with E-state index in [9.17, 15) is 33.7 Å². The molecule has 4 aromatic carbocycles. The first-order valence-corrected chi connectivity index (χ1v) is 17.2. The molecule has 0 unspecified atom stereocenters. The molecule has 170 valence electrons. The fourth-order valence-corrected chi connectivity index (χ4v) is 8.12. The monoisotopic (exact) mass is 594 g/mol. The summed E-state index contributed by atoms with van der Waals surface area (Å²) >= 11 is 0. The zero-order chi connectivity index (χ0) is 24.0. The first-order chi connectivity index (χ1) is 14.4. The van der Waals surface area contributed by atoms with Crippen LogP contribution in [0.3, 0.4) is 0 Å². The van der Waals surface area contributed by atoms with Gasteiger partial charge in [0.2, 0.25) is 0 Å². The van der Waals surface area contributed by atoms with Gasteiger partial charge < -0.3 is 0 Å². The van der Waals surface area contributed by atoms with E-state index in [-0.39, 0.29) is 32.3 Å². The maximum Gasteiger partial charge on any atom is 0.261 e. The van der Waals surface area contributed by atoms with Crippen molar-refractivity contribution in [1.29, 1.82) is 0 Å². The van der Waals surface area contributed by atoms with Gasteiger partial charge in [-0.3, -0.25) is 0 Å². The highest BCUT2D eigenvalue weighted by Crippen LogP contribution is 2.45. The van der Waals surface area contributed by atoms with E-state index >= 15 is 0 Å². The summed E-state index contributed by atoms with van der Waals surface area (Å²) in [6.07, 6.45) is 0. The van der Waals surface area contributed by atoms with Gasteiger partial charge in [0.15, 0.2) is 0 Å². The van der Waals surface area contributed by atoms with Crippen LogP contribution < -0.4 is 0 Å². The van der Waals surface area contributed by atoms with Crippen LogP contribution in [0.2, 0.25) is 0 Å². The summed E-state index contributed by atoms with van der Waals surface area (Å²) in [4.78, 5) is -2.52. The average Bonchev–Trinajstić information content (AvgIpc) is 2.61. The summed E-state index contributed by atoms with van der Waals surface area (Å²) in [5, 5.41) is -0.605. The lowest BCUT2D eigenvalue weighted by Gasteiger charge is -2.17. The van der Waals surface area contributed by atoms with Gasteiger partial charge in [0, 0.05) is 75.0 Å². The lowest BCUT2D eigenvalue weighted by molar-refractivity contribution is 0.605. The Kier molecular flexibility index (Phi) is 5.40. The highest BCUT2D eigenvalue weighted by molar-refractivity contribution is 8.15. The maximum atomic E-state index is 12.2. The summed E-state index contributed by atoms with van der Waals surface area (Å²) < 4.78 is 97.6. The SMILES string of the molecule is O=S(=O)(Cl)c1cc(S(=O)(=O)Cl)c2ccc3c(S(=O)(=O)Cl)cc(S(=O)(=O)Cl)c4ccc1c2c43. The van der Waals surface area contributed by atoms with E-state index in [2.05, 4.69) is 0 Å². The molecule has 0 heterocycles. The predicted molar refractivity (Wildman–Crippen MR) is 122 cm³/mol. The van der Waals surface area contributed by atoms with Crippen LogP contribution in [0.1, 0.15) is 0 Å². The Morgan fingerprint density at radius 1 is 0.406 bits per heavy atom. The molecule has 0 radical (unpaired) electrons. The highest BCUT2D eigenvalue weighted by Gasteiger charge is 2.29. The molecule has 32 heavy (non-hydrogen) atoms. The van der Waals surface area contributed by atoms with Crippen molar-refractivity contribution in [2.75, 3.05) is 0 Å². The number of hydrogen-bond acceptors (Lipinski definition) is 8. The second-order valence-corrected chi connectivity index (χ2v) is 16.7. The van der Waals surface area contributed by atoms with Gasteiger partial charge >= 0.3 is 0 Å². The van der Waals surface area contributed by atoms with Crippen molar-refractivity contribution in [3.05, 3.63) is 36.4 Å². The van der Waals surface area contributed by atoms with E-state index < -0.39 is 55.8 Å². The molecule has 0 aliphatic rings. The van der Waals surface area contributed by atoms with Crippen LogP contribution in [0.4, 0.5) is 0 Å². The van der Waals surface area contributed by atoms with Crippen molar-refractivity contribution in [3.63, 3.8) is 0 Å². The van der Waals surface area contributed by atoms with Crippen molar-refractivity contribution in [3.8, 4) is 0 Å². The Balaban J connectivity index is 2.51. The zero-order valence-corrected chi connectivity index (χ0v) is 21.2. The first-order valence-electron chi connectivity index (χ1n) is 7.99. The van der Waals surface area contributed by atoms with Gasteiger partial charge in [0.1, 0.15) is 0 Å². The molecule has 0 aliphatic heterocycles. The summed E-state index contributed by atoms with van der Waals surface area (Å²) in [5.74, 6) is 0. The van der Waals surface area contributed by atoms with Crippen LogP contribution in [0.25, 0.3) is 32.3 Å². The first kappa shape index (κ1) is 24.0. The van der Waals surface area contributed by atoms with Gasteiger partial charge in [0.25, 0.3) is 36.2 Å². The molecule has 0 spiro atoms. The Morgan fingerprint density at radius 3 is 0.750 bits per heavy atom. The van der Waals surface area contributed by atoms with Crippen LogP contribution >= 0.6 is 42.7 Å². The van der Waals surface area contributed by atoms with Crippen molar-refractivity contribution in [2.24, 2.45) is 0 Å². The highest BCUT2D eigenvalue weighted by atomic mass is 35.7. The molecule has 0 fully saturated rings. The number of rotatable bonds is 4. The summed E-state index contributed by atoms with van der Waals surface area (Å²) in [7, 11) is 3.94. The van der Waals surface area contributed by atoms with Gasteiger partial charge in [-0.1, -0.05) is 24.3 Å². The summed E-state index contributed by atoms with van der Waals surface area (Å²) in [5.41, 5.74) is 0. The molecule has 4 rings (SSSR count). The molecule has 0 N–H and O–H groups in total. The smallest absolute Gasteiger partial charge is 0.207 e. The molecule has 16 heteroatoms. The van der Waals surface area contributed by atoms with Crippen LogP contribution in [-0.2, 0) is 36.2 Å². The minimum absolute atomic E-state index is 0.0980.